The maximum absolute atomic E-state index is 6.29. The third kappa shape index (κ3) is 7.68. The molecule has 3 N–H and O–H groups in total. The number of hydrogen-bond acceptors (Lipinski definition) is 3. The van der Waals surface area contributed by atoms with E-state index in [9.17, 15) is 0 Å². The Kier molecular flexibility index (Phi) is 10.3. The summed E-state index contributed by atoms with van der Waals surface area (Å²) in [5, 5.41) is 3.25. The number of hydrogen-bond donors (Lipinski definition) is 2. The normalized spacial score (nSPS) is 17.2. The van der Waals surface area contributed by atoms with Gasteiger partial charge in [-0.2, -0.15) is 0 Å². The van der Waals surface area contributed by atoms with E-state index in [1.54, 1.807) is 6.20 Å². The minimum absolute atomic E-state index is 0.270. The molecule has 4 heteroatoms. The van der Waals surface area contributed by atoms with Crippen LogP contribution in [0.3, 0.4) is 0 Å². The quantitative estimate of drug-likeness (QED) is 0.450. The molecule has 0 aliphatic heterocycles. The molecular formula is C17H31N2OP. The predicted octanol–water partition coefficient (Wildman–Crippen LogP) is 3.88. The van der Waals surface area contributed by atoms with E-state index >= 15 is 0 Å². The Hall–Kier alpha value is -0.790. The van der Waals surface area contributed by atoms with Gasteiger partial charge in [0.1, 0.15) is 11.9 Å². The summed E-state index contributed by atoms with van der Waals surface area (Å²) in [6.45, 7) is 3.15. The van der Waals surface area contributed by atoms with Crippen LogP contribution in [0.15, 0.2) is 35.5 Å². The predicted molar refractivity (Wildman–Crippen MR) is 94.9 cm³/mol. The van der Waals surface area contributed by atoms with Crippen molar-refractivity contribution in [3.05, 3.63) is 35.5 Å². The van der Waals surface area contributed by atoms with Gasteiger partial charge in [-0.15, -0.1) is 0 Å². The van der Waals surface area contributed by atoms with E-state index in [4.69, 9.17) is 10.5 Å². The molecule has 0 saturated heterocycles. The van der Waals surface area contributed by atoms with Crippen LogP contribution in [0.2, 0.25) is 0 Å². The molecule has 0 bridgehead atoms. The third-order valence-electron chi connectivity index (χ3n) is 3.57. The van der Waals surface area contributed by atoms with Gasteiger partial charge in [0.25, 0.3) is 0 Å². The standard InChI is InChI=1S/C17H31N2OP/c1-3-7-15-8-4-5-10-17(15)20-16(14-19-2)9-6-12-21-13-11-18/h5,10-11,13,16,19,21H,3-4,6-9,12,14,18H2,1-2H3/b13-11+. The summed E-state index contributed by atoms with van der Waals surface area (Å²) in [6, 6.07) is 0. The van der Waals surface area contributed by atoms with E-state index < -0.39 is 0 Å². The van der Waals surface area contributed by atoms with Gasteiger partial charge in [-0.25, -0.2) is 0 Å². The van der Waals surface area contributed by atoms with Crippen LogP contribution in [0, 0.1) is 0 Å². The molecule has 2 unspecified atom stereocenters. The molecule has 0 spiro atoms. The minimum atomic E-state index is 0.270. The van der Waals surface area contributed by atoms with Crippen LogP contribution >= 0.6 is 8.58 Å². The first-order chi connectivity index (χ1) is 10.3. The van der Waals surface area contributed by atoms with Crippen molar-refractivity contribution in [2.24, 2.45) is 5.73 Å². The van der Waals surface area contributed by atoms with Gasteiger partial charge in [0, 0.05) is 6.54 Å². The Morgan fingerprint density at radius 2 is 2.38 bits per heavy atom. The van der Waals surface area contributed by atoms with Gasteiger partial charge in [-0.1, -0.05) is 28.0 Å². The summed E-state index contributed by atoms with van der Waals surface area (Å²) in [6.07, 6.45) is 14.5. The van der Waals surface area contributed by atoms with Gasteiger partial charge in [-0.05, 0) is 69.0 Å². The first-order valence-corrected chi connectivity index (χ1v) is 9.40. The average molecular weight is 310 g/mol. The molecule has 0 heterocycles. The zero-order chi connectivity index (χ0) is 15.3. The minimum Gasteiger partial charge on any atom is -0.489 e. The second-order valence-corrected chi connectivity index (χ2v) is 6.65. The van der Waals surface area contributed by atoms with Crippen LogP contribution in [0.25, 0.3) is 0 Å². The molecule has 0 aromatic carbocycles. The van der Waals surface area contributed by atoms with Crippen LogP contribution < -0.4 is 11.1 Å². The maximum Gasteiger partial charge on any atom is 0.118 e. The van der Waals surface area contributed by atoms with Gasteiger partial charge >= 0.3 is 0 Å². The number of nitrogens with two attached hydrogens (primary N) is 1. The fraction of sp³-hybridized carbons (Fsp3) is 0.647. The highest BCUT2D eigenvalue weighted by Gasteiger charge is 2.14. The first-order valence-electron chi connectivity index (χ1n) is 8.11. The monoisotopic (exact) mass is 310 g/mol. The van der Waals surface area contributed by atoms with Crippen molar-refractivity contribution < 1.29 is 4.74 Å². The van der Waals surface area contributed by atoms with E-state index in [2.05, 4.69) is 30.2 Å². The Balaban J connectivity index is 2.49. The Morgan fingerprint density at radius 3 is 3.10 bits per heavy atom. The van der Waals surface area contributed by atoms with E-state index in [1.165, 1.54) is 24.6 Å². The second-order valence-electron chi connectivity index (χ2n) is 5.41. The number of likely N-dealkylation sites (N-methyl/N-ethyl adjacent to an activating group) is 1. The van der Waals surface area contributed by atoms with Crippen LogP contribution in [-0.4, -0.2) is 25.9 Å². The van der Waals surface area contributed by atoms with Crippen molar-refractivity contribution >= 4 is 8.58 Å². The number of rotatable bonds is 11. The average Bonchev–Trinajstić information content (AvgIpc) is 2.49. The fourth-order valence-corrected chi connectivity index (χ4v) is 3.27. The molecule has 0 amide bonds. The summed E-state index contributed by atoms with van der Waals surface area (Å²) < 4.78 is 6.29. The van der Waals surface area contributed by atoms with Crippen LogP contribution in [0.5, 0.6) is 0 Å². The van der Waals surface area contributed by atoms with E-state index in [1.807, 2.05) is 7.05 Å². The molecule has 0 radical (unpaired) electrons. The SMILES string of the molecule is CCCC1=C(OC(CCCP/C=C/N)CNC)C=CCC1. The van der Waals surface area contributed by atoms with Crippen molar-refractivity contribution in [1.82, 2.24) is 5.32 Å². The molecular weight excluding hydrogens is 279 g/mol. The number of allylic oxidation sites excluding steroid dienone is 3. The van der Waals surface area contributed by atoms with Gasteiger partial charge < -0.3 is 15.8 Å². The summed E-state index contributed by atoms with van der Waals surface area (Å²) >= 11 is 0. The van der Waals surface area contributed by atoms with Crippen LogP contribution in [0.4, 0.5) is 0 Å². The van der Waals surface area contributed by atoms with Crippen LogP contribution in [-0.2, 0) is 4.74 Å². The molecule has 0 fully saturated rings. The lowest BCUT2D eigenvalue weighted by Crippen LogP contribution is -2.27. The molecule has 1 rings (SSSR count). The molecule has 21 heavy (non-hydrogen) atoms. The topological polar surface area (TPSA) is 47.3 Å². The maximum atomic E-state index is 6.29. The highest BCUT2D eigenvalue weighted by molar-refractivity contribution is 7.41. The second kappa shape index (κ2) is 11.8. The van der Waals surface area contributed by atoms with Crippen molar-refractivity contribution in [1.29, 1.82) is 0 Å². The van der Waals surface area contributed by atoms with E-state index in [0.29, 0.717) is 0 Å². The Labute approximate surface area is 131 Å². The van der Waals surface area contributed by atoms with Crippen LogP contribution in [0.1, 0.15) is 45.4 Å². The summed E-state index contributed by atoms with van der Waals surface area (Å²) in [5.74, 6) is 3.19. The molecule has 1 aliphatic rings. The lowest BCUT2D eigenvalue weighted by Gasteiger charge is -2.23. The first kappa shape index (κ1) is 18.3. The smallest absolute Gasteiger partial charge is 0.118 e. The molecule has 0 saturated carbocycles. The number of ether oxygens (including phenoxy) is 1. The van der Waals surface area contributed by atoms with Gasteiger partial charge in [0.05, 0.1) is 0 Å². The molecule has 3 nitrogen and oxygen atoms in total. The zero-order valence-corrected chi connectivity index (χ0v) is 14.5. The van der Waals surface area contributed by atoms with Gasteiger partial charge in [-0.3, -0.25) is 0 Å². The molecule has 0 aromatic rings. The van der Waals surface area contributed by atoms with Gasteiger partial charge in [0.15, 0.2) is 0 Å². The van der Waals surface area contributed by atoms with Gasteiger partial charge in [0.2, 0.25) is 0 Å². The van der Waals surface area contributed by atoms with Crippen molar-refractivity contribution in [3.63, 3.8) is 0 Å². The molecule has 120 valence electrons. The lowest BCUT2D eigenvalue weighted by atomic mass is 9.99. The largest absolute Gasteiger partial charge is 0.489 e. The summed E-state index contributed by atoms with van der Waals surface area (Å²) in [7, 11) is 2.82. The van der Waals surface area contributed by atoms with Crippen molar-refractivity contribution in [2.75, 3.05) is 19.8 Å². The van der Waals surface area contributed by atoms with Crippen molar-refractivity contribution in [2.45, 2.75) is 51.6 Å². The highest BCUT2D eigenvalue weighted by Crippen LogP contribution is 2.26. The molecule has 1 aliphatic carbocycles. The molecule has 2 atom stereocenters. The Bertz CT molecular complexity index is 364. The summed E-state index contributed by atoms with van der Waals surface area (Å²) in [4.78, 5) is 0. The fourth-order valence-electron chi connectivity index (χ4n) is 2.55. The highest BCUT2D eigenvalue weighted by atomic mass is 31.1. The Morgan fingerprint density at radius 1 is 1.52 bits per heavy atom. The van der Waals surface area contributed by atoms with E-state index in [-0.39, 0.29) is 6.10 Å². The lowest BCUT2D eigenvalue weighted by molar-refractivity contribution is 0.113. The third-order valence-corrected chi connectivity index (χ3v) is 4.64. The summed E-state index contributed by atoms with van der Waals surface area (Å²) in [5.41, 5.74) is 6.86. The molecule has 0 aromatic heterocycles. The zero-order valence-electron chi connectivity index (χ0n) is 13.5. The number of nitrogens with one attached hydrogen (secondary N) is 1. The van der Waals surface area contributed by atoms with E-state index in [0.717, 1.165) is 46.6 Å². The van der Waals surface area contributed by atoms with Crippen molar-refractivity contribution in [3.8, 4) is 0 Å².